The van der Waals surface area contributed by atoms with Crippen LogP contribution in [0, 0.1) is 0 Å². The zero-order valence-corrected chi connectivity index (χ0v) is 24.4. The molecule has 5 rings (SSSR count). The number of nitrogens with zero attached hydrogens (tertiary/aromatic N) is 4. The zero-order chi connectivity index (χ0) is 28.1. The number of sulfonamides is 1. The summed E-state index contributed by atoms with van der Waals surface area (Å²) in [4.78, 5) is 15.2. The second kappa shape index (κ2) is 12.4. The van der Waals surface area contributed by atoms with Gasteiger partial charge in [-0.25, -0.2) is 8.42 Å². The number of halogens is 1. The van der Waals surface area contributed by atoms with Crippen molar-refractivity contribution in [2.75, 3.05) is 17.0 Å². The lowest BCUT2D eigenvalue weighted by Crippen LogP contribution is -2.44. The van der Waals surface area contributed by atoms with E-state index in [2.05, 4.69) is 21.8 Å². The second-order valence-corrected chi connectivity index (χ2v) is 12.6. The maximum absolute atomic E-state index is 13.2. The fraction of sp³-hybridized carbons (Fsp3) is 0.276. The lowest BCUT2D eigenvalue weighted by Gasteiger charge is -2.35. The van der Waals surface area contributed by atoms with Gasteiger partial charge in [-0.3, -0.25) is 14.1 Å². The lowest BCUT2D eigenvalue weighted by molar-refractivity contribution is -0.132. The van der Waals surface area contributed by atoms with E-state index in [4.69, 9.17) is 11.6 Å². The van der Waals surface area contributed by atoms with E-state index >= 15 is 0 Å². The van der Waals surface area contributed by atoms with Crippen molar-refractivity contribution in [3.05, 3.63) is 83.9 Å². The Kier molecular flexibility index (Phi) is 8.78. The van der Waals surface area contributed by atoms with Crippen LogP contribution in [-0.4, -0.2) is 52.3 Å². The van der Waals surface area contributed by atoms with Crippen LogP contribution in [-0.2, 0) is 14.8 Å². The number of hydrogen-bond donors (Lipinski definition) is 1. The van der Waals surface area contributed by atoms with Crippen LogP contribution >= 0.6 is 23.4 Å². The molecule has 0 aliphatic carbocycles. The standard InChI is InChI=1S/C29H30ClN5O3S2/c1-2-22-12-8-9-18-34(22)27(36)20-39-29-32-31-28(35(29)23-13-4-3-5-14-23)21-11-10-15-24(19-21)40(37,38)33-26-17-7-6-16-25(26)30/h3-7,10-11,13-17,19,22,33H,2,8-9,12,18,20H2,1H3/t22-/m1/s1. The zero-order valence-electron chi connectivity index (χ0n) is 22.0. The van der Waals surface area contributed by atoms with Crippen molar-refractivity contribution in [3.63, 3.8) is 0 Å². The van der Waals surface area contributed by atoms with Crippen molar-refractivity contribution < 1.29 is 13.2 Å². The Labute approximate surface area is 243 Å². The molecule has 1 aliphatic rings. The van der Waals surface area contributed by atoms with Crippen molar-refractivity contribution in [2.45, 2.75) is 48.7 Å². The highest BCUT2D eigenvalue weighted by atomic mass is 35.5. The SMILES string of the molecule is CC[C@@H]1CCCCN1C(=O)CSc1nnc(-c2cccc(S(=O)(=O)Nc3ccccc3Cl)c2)n1-c1ccccc1. The number of para-hydroxylation sites is 2. The molecule has 4 aromatic rings. The van der Waals surface area contributed by atoms with E-state index in [-0.39, 0.29) is 22.6 Å². The Morgan fingerprint density at radius 3 is 2.58 bits per heavy atom. The quantitative estimate of drug-likeness (QED) is 0.229. The minimum atomic E-state index is -3.93. The lowest BCUT2D eigenvalue weighted by atomic mass is 10.0. The number of amides is 1. The summed E-state index contributed by atoms with van der Waals surface area (Å²) in [6, 6.07) is 23.1. The average molecular weight is 596 g/mol. The van der Waals surface area contributed by atoms with Crippen molar-refractivity contribution in [1.29, 1.82) is 0 Å². The maximum atomic E-state index is 13.2. The Hall–Kier alpha value is -3.34. The molecule has 1 saturated heterocycles. The van der Waals surface area contributed by atoms with Crippen molar-refractivity contribution in [2.24, 2.45) is 0 Å². The van der Waals surface area contributed by atoms with Gasteiger partial charge in [-0.2, -0.15) is 0 Å². The monoisotopic (exact) mass is 595 g/mol. The largest absolute Gasteiger partial charge is 0.339 e. The Morgan fingerprint density at radius 1 is 1.02 bits per heavy atom. The molecule has 1 aliphatic heterocycles. The molecule has 1 N–H and O–H groups in total. The van der Waals surface area contributed by atoms with Crippen LogP contribution in [0.25, 0.3) is 17.1 Å². The molecule has 11 heteroatoms. The third-order valence-corrected chi connectivity index (χ3v) is 9.52. The van der Waals surface area contributed by atoms with E-state index in [9.17, 15) is 13.2 Å². The molecular weight excluding hydrogens is 566 g/mol. The van der Waals surface area contributed by atoms with Gasteiger partial charge in [0, 0.05) is 23.8 Å². The van der Waals surface area contributed by atoms with E-state index in [0.717, 1.165) is 37.9 Å². The predicted octanol–water partition coefficient (Wildman–Crippen LogP) is 6.27. The van der Waals surface area contributed by atoms with Gasteiger partial charge in [0.2, 0.25) is 5.91 Å². The van der Waals surface area contributed by atoms with Gasteiger partial charge < -0.3 is 4.90 Å². The van der Waals surface area contributed by atoms with Gasteiger partial charge >= 0.3 is 0 Å². The molecule has 1 atom stereocenters. The molecule has 0 radical (unpaired) electrons. The van der Waals surface area contributed by atoms with E-state index < -0.39 is 10.0 Å². The van der Waals surface area contributed by atoms with Gasteiger partial charge in [0.15, 0.2) is 11.0 Å². The summed E-state index contributed by atoms with van der Waals surface area (Å²) in [5, 5.41) is 9.72. The normalized spacial score (nSPS) is 15.7. The first kappa shape index (κ1) is 28.2. The second-order valence-electron chi connectivity index (χ2n) is 9.52. The summed E-state index contributed by atoms with van der Waals surface area (Å²) in [5.74, 6) is 0.817. The van der Waals surface area contributed by atoms with Crippen molar-refractivity contribution in [3.8, 4) is 17.1 Å². The van der Waals surface area contributed by atoms with Gasteiger partial charge in [0.1, 0.15) is 0 Å². The maximum Gasteiger partial charge on any atom is 0.261 e. The minimum Gasteiger partial charge on any atom is -0.339 e. The van der Waals surface area contributed by atoms with Crippen LogP contribution in [0.5, 0.6) is 0 Å². The number of anilines is 1. The van der Waals surface area contributed by atoms with Crippen LogP contribution in [0.1, 0.15) is 32.6 Å². The van der Waals surface area contributed by atoms with Crippen molar-refractivity contribution in [1.82, 2.24) is 19.7 Å². The summed E-state index contributed by atoms with van der Waals surface area (Å²) < 4.78 is 30.9. The number of rotatable bonds is 9. The van der Waals surface area contributed by atoms with Crippen molar-refractivity contribution >= 4 is 45.0 Å². The summed E-state index contributed by atoms with van der Waals surface area (Å²) in [6.45, 7) is 2.91. The molecule has 0 unspecified atom stereocenters. The number of carbonyl (C=O) groups is 1. The molecule has 3 aromatic carbocycles. The molecule has 1 aromatic heterocycles. The fourth-order valence-electron chi connectivity index (χ4n) is 4.87. The third kappa shape index (κ3) is 6.19. The third-order valence-electron chi connectivity index (χ3n) is 6.91. The number of hydrogen-bond acceptors (Lipinski definition) is 6. The number of piperidine rings is 1. The molecule has 0 spiro atoms. The molecule has 208 valence electrons. The molecule has 0 saturated carbocycles. The highest BCUT2D eigenvalue weighted by Crippen LogP contribution is 2.31. The highest BCUT2D eigenvalue weighted by molar-refractivity contribution is 7.99. The van der Waals surface area contributed by atoms with Crippen LogP contribution < -0.4 is 4.72 Å². The topological polar surface area (TPSA) is 97.2 Å². The van der Waals surface area contributed by atoms with Gasteiger partial charge in [-0.1, -0.05) is 72.8 Å². The first-order chi connectivity index (χ1) is 19.4. The Bertz CT molecular complexity index is 1590. The summed E-state index contributed by atoms with van der Waals surface area (Å²) in [7, 11) is -3.93. The smallest absolute Gasteiger partial charge is 0.261 e. The number of aromatic nitrogens is 3. The first-order valence-corrected chi connectivity index (χ1v) is 16.0. The number of benzene rings is 3. The summed E-state index contributed by atoms with van der Waals surface area (Å²) >= 11 is 7.51. The van der Waals surface area contributed by atoms with Crippen LogP contribution in [0.4, 0.5) is 5.69 Å². The molecule has 1 amide bonds. The molecule has 1 fully saturated rings. The summed E-state index contributed by atoms with van der Waals surface area (Å²) in [6.07, 6.45) is 4.18. The Morgan fingerprint density at radius 2 is 1.80 bits per heavy atom. The molecule has 8 nitrogen and oxygen atoms in total. The van der Waals surface area contributed by atoms with Crippen LogP contribution in [0.3, 0.4) is 0 Å². The van der Waals surface area contributed by atoms with E-state index in [0.29, 0.717) is 27.3 Å². The van der Waals surface area contributed by atoms with Gasteiger partial charge in [0.05, 0.1) is 21.4 Å². The predicted molar refractivity (Wildman–Crippen MR) is 159 cm³/mol. The number of carbonyl (C=O) groups excluding carboxylic acids is 1. The fourth-order valence-corrected chi connectivity index (χ4v) is 7.07. The molecular formula is C29H30ClN5O3S2. The van der Waals surface area contributed by atoms with Crippen LogP contribution in [0.2, 0.25) is 5.02 Å². The van der Waals surface area contributed by atoms with Gasteiger partial charge in [0.25, 0.3) is 10.0 Å². The first-order valence-electron chi connectivity index (χ1n) is 13.2. The number of nitrogens with one attached hydrogen (secondary N) is 1. The van der Waals surface area contributed by atoms with Gasteiger partial charge in [-0.05, 0) is 62.1 Å². The molecule has 40 heavy (non-hydrogen) atoms. The van der Waals surface area contributed by atoms with Crippen LogP contribution in [0.15, 0.2) is 88.9 Å². The van der Waals surface area contributed by atoms with E-state index in [1.807, 2.05) is 39.8 Å². The number of likely N-dealkylation sites (tertiary alicyclic amines) is 1. The number of thioether (sulfide) groups is 1. The van der Waals surface area contributed by atoms with E-state index in [1.165, 1.54) is 17.8 Å². The highest BCUT2D eigenvalue weighted by Gasteiger charge is 2.26. The van der Waals surface area contributed by atoms with Gasteiger partial charge in [-0.15, -0.1) is 10.2 Å². The summed E-state index contributed by atoms with van der Waals surface area (Å²) in [5.41, 5.74) is 1.67. The molecule has 2 heterocycles. The average Bonchev–Trinajstić information content (AvgIpc) is 3.41. The minimum absolute atomic E-state index is 0.0626. The molecule has 0 bridgehead atoms. The van der Waals surface area contributed by atoms with E-state index in [1.54, 1.807) is 42.5 Å². The Balaban J connectivity index is 1.45.